The lowest BCUT2D eigenvalue weighted by Gasteiger charge is -2.07. The van der Waals surface area contributed by atoms with E-state index in [-0.39, 0.29) is 27.7 Å². The maximum atomic E-state index is 13.9. The van der Waals surface area contributed by atoms with E-state index in [0.717, 1.165) is 10.2 Å². The van der Waals surface area contributed by atoms with Gasteiger partial charge in [0.05, 0.1) is 44.8 Å². The predicted molar refractivity (Wildman–Crippen MR) is 137 cm³/mol. The fourth-order valence-electron chi connectivity index (χ4n) is 3.02. The summed E-state index contributed by atoms with van der Waals surface area (Å²) in [6.45, 7) is 0. The monoisotopic (exact) mass is 530 g/mol. The third-order valence-corrected chi connectivity index (χ3v) is 7.19. The molecule has 3 aromatic carbocycles. The molecule has 1 heterocycles. The second-order valence-electron chi connectivity index (χ2n) is 7.00. The van der Waals surface area contributed by atoms with Crippen molar-refractivity contribution in [2.75, 3.05) is 18.2 Å². The lowest BCUT2D eigenvalue weighted by molar-refractivity contribution is -0.384. The third-order valence-electron chi connectivity index (χ3n) is 4.70. The summed E-state index contributed by atoms with van der Waals surface area (Å²) in [4.78, 5) is 31.9. The van der Waals surface area contributed by atoms with E-state index < -0.39 is 16.6 Å². The highest BCUT2D eigenvalue weighted by Gasteiger charge is 2.18. The molecule has 12 heteroatoms. The van der Waals surface area contributed by atoms with E-state index in [1.165, 1.54) is 66.8 Å². The highest BCUT2D eigenvalue weighted by Crippen LogP contribution is 2.33. The number of nitrogens with zero attached hydrogens (tertiary/aromatic N) is 3. The standard InChI is InChI=1S/C23H16ClFN4O4S2/c1-33-14-6-8-18(20(10-14)29(31)32)27-22(30)12-34-23-28-19-7-5-13(9-21(19)35-23)26-11-15-16(24)3-2-4-17(15)25/h2-11H,12H2,1H3,(H,27,30). The van der Waals surface area contributed by atoms with Crippen LogP contribution in [0.1, 0.15) is 5.56 Å². The number of rotatable bonds is 8. The van der Waals surface area contributed by atoms with E-state index in [1.54, 1.807) is 18.2 Å². The van der Waals surface area contributed by atoms with E-state index in [4.69, 9.17) is 16.3 Å². The third kappa shape index (κ3) is 5.94. The number of methoxy groups -OCH3 is 1. The fourth-order valence-corrected chi connectivity index (χ4v) is 5.13. The smallest absolute Gasteiger partial charge is 0.296 e. The summed E-state index contributed by atoms with van der Waals surface area (Å²) in [6, 6.07) is 14.0. The minimum atomic E-state index is -0.584. The number of carbonyl (C=O) groups is 1. The van der Waals surface area contributed by atoms with E-state index in [9.17, 15) is 19.3 Å². The first-order valence-electron chi connectivity index (χ1n) is 9.98. The van der Waals surface area contributed by atoms with Crippen molar-refractivity contribution in [3.05, 3.63) is 81.1 Å². The highest BCUT2D eigenvalue weighted by atomic mass is 35.5. The summed E-state index contributed by atoms with van der Waals surface area (Å²) < 4.78 is 20.4. The van der Waals surface area contributed by atoms with Gasteiger partial charge < -0.3 is 10.1 Å². The molecule has 1 aromatic heterocycles. The molecule has 1 N–H and O–H groups in total. The molecular weight excluding hydrogens is 515 g/mol. The molecule has 0 bridgehead atoms. The van der Waals surface area contributed by atoms with Crippen LogP contribution in [0.25, 0.3) is 10.2 Å². The summed E-state index contributed by atoms with van der Waals surface area (Å²) in [5, 5.41) is 14.1. The molecule has 0 aliphatic carbocycles. The summed E-state index contributed by atoms with van der Waals surface area (Å²) in [5.74, 6) is -0.536. The molecule has 178 valence electrons. The van der Waals surface area contributed by atoms with Gasteiger partial charge in [-0.1, -0.05) is 29.4 Å². The zero-order valence-corrected chi connectivity index (χ0v) is 20.4. The first-order valence-corrected chi connectivity index (χ1v) is 12.2. The van der Waals surface area contributed by atoms with Crippen LogP contribution >= 0.6 is 34.7 Å². The van der Waals surface area contributed by atoms with Crippen LogP contribution in [0, 0.1) is 15.9 Å². The molecule has 4 rings (SSSR count). The molecule has 0 aliphatic rings. The Morgan fingerprint density at radius 1 is 1.31 bits per heavy atom. The van der Waals surface area contributed by atoms with Crippen LogP contribution in [0.3, 0.4) is 0 Å². The number of nitro groups is 1. The minimum absolute atomic E-state index is 0.0137. The largest absolute Gasteiger partial charge is 0.496 e. The highest BCUT2D eigenvalue weighted by molar-refractivity contribution is 8.01. The SMILES string of the molecule is COc1ccc(NC(=O)CSc2nc3ccc(N=Cc4c(F)cccc4Cl)cc3s2)c([N+](=O)[O-])c1. The average molecular weight is 531 g/mol. The van der Waals surface area contributed by atoms with E-state index in [2.05, 4.69) is 15.3 Å². The van der Waals surface area contributed by atoms with Gasteiger partial charge in [-0.3, -0.25) is 19.9 Å². The summed E-state index contributed by atoms with van der Waals surface area (Å²) >= 11 is 8.61. The Morgan fingerprint density at radius 3 is 2.89 bits per heavy atom. The number of nitro benzene ring substituents is 1. The van der Waals surface area contributed by atoms with Crippen molar-refractivity contribution in [3.63, 3.8) is 0 Å². The van der Waals surface area contributed by atoms with Gasteiger partial charge in [0.15, 0.2) is 4.34 Å². The predicted octanol–water partition coefficient (Wildman–Crippen LogP) is 6.49. The number of halogens is 2. The molecule has 0 aliphatic heterocycles. The Morgan fingerprint density at radius 2 is 2.14 bits per heavy atom. The number of thiazole rings is 1. The summed E-state index contributed by atoms with van der Waals surface area (Å²) in [6.07, 6.45) is 1.37. The molecule has 0 atom stereocenters. The lowest BCUT2D eigenvalue weighted by atomic mass is 10.2. The number of fused-ring (bicyclic) bond motifs is 1. The van der Waals surface area contributed by atoms with Gasteiger partial charge in [-0.2, -0.15) is 0 Å². The van der Waals surface area contributed by atoms with Crippen molar-refractivity contribution in [3.8, 4) is 5.75 Å². The average Bonchev–Trinajstić information content (AvgIpc) is 3.25. The Hall–Kier alpha value is -3.54. The molecule has 35 heavy (non-hydrogen) atoms. The van der Waals surface area contributed by atoms with Crippen molar-refractivity contribution < 1.29 is 18.8 Å². The molecular formula is C23H16ClFN4O4S2. The number of aliphatic imine (C=N–C) groups is 1. The maximum absolute atomic E-state index is 13.9. The molecule has 0 saturated carbocycles. The second-order valence-corrected chi connectivity index (χ2v) is 9.66. The van der Waals surface area contributed by atoms with E-state index >= 15 is 0 Å². The molecule has 4 aromatic rings. The van der Waals surface area contributed by atoms with Gasteiger partial charge in [0.1, 0.15) is 17.3 Å². The molecule has 0 radical (unpaired) electrons. The number of ether oxygens (including phenoxy) is 1. The molecule has 1 amide bonds. The zero-order chi connectivity index (χ0) is 24.9. The van der Waals surface area contributed by atoms with Crippen molar-refractivity contribution in [2.24, 2.45) is 4.99 Å². The van der Waals surface area contributed by atoms with Crippen molar-refractivity contribution in [1.29, 1.82) is 0 Å². The normalized spacial score (nSPS) is 11.2. The lowest BCUT2D eigenvalue weighted by Crippen LogP contribution is -2.15. The Kier molecular flexibility index (Phi) is 7.59. The molecule has 8 nitrogen and oxygen atoms in total. The van der Waals surface area contributed by atoms with Crippen molar-refractivity contribution in [2.45, 2.75) is 4.34 Å². The van der Waals surface area contributed by atoms with E-state index in [1.807, 2.05) is 6.07 Å². The van der Waals surface area contributed by atoms with Crippen LogP contribution in [0.5, 0.6) is 5.75 Å². The van der Waals surface area contributed by atoms with Crippen LogP contribution < -0.4 is 10.1 Å². The maximum Gasteiger partial charge on any atom is 0.296 e. The number of hydrogen-bond donors (Lipinski definition) is 1. The van der Waals surface area contributed by atoms with Gasteiger partial charge in [0.25, 0.3) is 5.69 Å². The van der Waals surface area contributed by atoms with Crippen molar-refractivity contribution >= 4 is 74.1 Å². The number of hydrogen-bond acceptors (Lipinski definition) is 8. The molecule has 0 unspecified atom stereocenters. The number of amides is 1. The number of aromatic nitrogens is 1. The molecule has 0 fully saturated rings. The van der Waals surface area contributed by atoms with Gasteiger partial charge >= 0.3 is 0 Å². The van der Waals surface area contributed by atoms with Gasteiger partial charge in [-0.25, -0.2) is 9.37 Å². The quantitative estimate of drug-likeness (QED) is 0.121. The van der Waals surface area contributed by atoms with Crippen LogP contribution in [0.4, 0.5) is 21.5 Å². The first kappa shape index (κ1) is 24.6. The van der Waals surface area contributed by atoms with Crippen LogP contribution in [-0.2, 0) is 4.79 Å². The molecule has 0 saturated heterocycles. The topological polar surface area (TPSA) is 107 Å². The second kappa shape index (κ2) is 10.8. The Bertz CT molecular complexity index is 1440. The number of benzene rings is 3. The van der Waals surface area contributed by atoms with Crippen LogP contribution in [0.15, 0.2) is 63.9 Å². The summed E-state index contributed by atoms with van der Waals surface area (Å²) in [7, 11) is 1.40. The number of anilines is 1. The van der Waals surface area contributed by atoms with Gasteiger partial charge in [-0.05, 0) is 42.5 Å². The fraction of sp³-hybridized carbons (Fsp3) is 0.0870. The van der Waals surface area contributed by atoms with Gasteiger partial charge in [-0.15, -0.1) is 11.3 Å². The van der Waals surface area contributed by atoms with Crippen molar-refractivity contribution in [1.82, 2.24) is 4.98 Å². The van der Waals surface area contributed by atoms with Gasteiger partial charge in [0.2, 0.25) is 5.91 Å². The van der Waals surface area contributed by atoms with Crippen LogP contribution in [-0.4, -0.2) is 34.9 Å². The Labute approximate surface area is 212 Å². The minimum Gasteiger partial charge on any atom is -0.496 e. The first-order chi connectivity index (χ1) is 16.8. The van der Waals surface area contributed by atoms with Crippen LogP contribution in [0.2, 0.25) is 5.02 Å². The zero-order valence-electron chi connectivity index (χ0n) is 18.0. The van der Waals surface area contributed by atoms with E-state index in [0.29, 0.717) is 15.8 Å². The Balaban J connectivity index is 1.43. The number of nitrogens with one attached hydrogen (secondary N) is 1. The summed E-state index contributed by atoms with van der Waals surface area (Å²) in [5.41, 5.74) is 1.36. The molecule has 0 spiro atoms. The number of thioether (sulfide) groups is 1. The number of carbonyl (C=O) groups excluding carboxylic acids is 1. The van der Waals surface area contributed by atoms with Gasteiger partial charge in [0, 0.05) is 11.8 Å².